The van der Waals surface area contributed by atoms with Gasteiger partial charge in [0.05, 0.1) is 17.9 Å². The largest absolute Gasteiger partial charge is 0.395 e. The Bertz CT molecular complexity index is 1100. The molecule has 6 nitrogen and oxygen atoms in total. The number of carbonyl (C=O) groups excluding carboxylic acids is 2. The molecule has 0 atom stereocenters. The van der Waals surface area contributed by atoms with Gasteiger partial charge in [0.1, 0.15) is 5.70 Å². The van der Waals surface area contributed by atoms with Gasteiger partial charge in [0.15, 0.2) is 0 Å². The number of imide groups is 1. The zero-order valence-corrected chi connectivity index (χ0v) is 19.4. The molecule has 2 aromatic carbocycles. The van der Waals surface area contributed by atoms with E-state index < -0.39 is 0 Å². The highest BCUT2D eigenvalue weighted by molar-refractivity contribution is 6.45. The van der Waals surface area contributed by atoms with Crippen molar-refractivity contribution < 1.29 is 14.7 Å². The Kier molecular flexibility index (Phi) is 6.38. The van der Waals surface area contributed by atoms with E-state index in [2.05, 4.69) is 4.90 Å². The fraction of sp³-hybridized carbons (Fsp3) is 0.360. The van der Waals surface area contributed by atoms with E-state index in [0.717, 1.165) is 35.3 Å². The third-order valence-electron chi connectivity index (χ3n) is 6.37. The highest BCUT2D eigenvalue weighted by Crippen LogP contribution is 2.37. The number of aliphatic hydroxyl groups is 1. The maximum Gasteiger partial charge on any atom is 0.282 e. The molecule has 2 aliphatic heterocycles. The van der Waals surface area contributed by atoms with Crippen molar-refractivity contribution in [3.8, 4) is 0 Å². The van der Waals surface area contributed by atoms with Crippen molar-refractivity contribution >= 4 is 34.7 Å². The number of nitrogens with zero attached hydrogens (tertiary/aromatic N) is 3. The van der Waals surface area contributed by atoms with Crippen LogP contribution in [0.15, 0.2) is 42.1 Å². The summed E-state index contributed by atoms with van der Waals surface area (Å²) < 4.78 is 0. The highest BCUT2D eigenvalue weighted by Gasteiger charge is 2.43. The lowest BCUT2D eigenvalue weighted by molar-refractivity contribution is -0.120. The van der Waals surface area contributed by atoms with Gasteiger partial charge >= 0.3 is 0 Å². The van der Waals surface area contributed by atoms with Crippen molar-refractivity contribution in [3.63, 3.8) is 0 Å². The molecule has 1 saturated heterocycles. The summed E-state index contributed by atoms with van der Waals surface area (Å²) in [5.74, 6) is -0.638. The molecule has 2 heterocycles. The summed E-state index contributed by atoms with van der Waals surface area (Å²) in [5.41, 5.74) is 5.16. The zero-order valence-electron chi connectivity index (χ0n) is 18.7. The Hall–Kier alpha value is -2.67. The minimum absolute atomic E-state index is 0.107. The van der Waals surface area contributed by atoms with Crippen LogP contribution in [-0.2, 0) is 9.59 Å². The first-order valence-corrected chi connectivity index (χ1v) is 11.2. The average Bonchev–Trinajstić information content (AvgIpc) is 3.03. The van der Waals surface area contributed by atoms with Crippen LogP contribution < -0.4 is 4.90 Å². The second kappa shape index (κ2) is 9.06. The second-order valence-corrected chi connectivity index (χ2v) is 8.89. The summed E-state index contributed by atoms with van der Waals surface area (Å²) in [7, 11) is 0. The molecular formula is C25H28ClN3O3. The number of rotatable bonds is 5. The normalized spacial score (nSPS) is 17.7. The Balaban J connectivity index is 1.79. The van der Waals surface area contributed by atoms with Gasteiger partial charge in [0.2, 0.25) is 0 Å². The molecule has 0 bridgehead atoms. The van der Waals surface area contributed by atoms with Gasteiger partial charge in [-0.05, 0) is 55.2 Å². The van der Waals surface area contributed by atoms with Crippen LogP contribution >= 0.6 is 11.6 Å². The third kappa shape index (κ3) is 4.06. The van der Waals surface area contributed by atoms with Crippen LogP contribution in [0.5, 0.6) is 0 Å². The summed E-state index contributed by atoms with van der Waals surface area (Å²) in [5, 5.41) is 9.72. The molecule has 168 valence electrons. The SMILES string of the molecule is Cc1ccc(C2=C(N3CCN(CCO)CC3)C(=O)N(c3cc(Cl)ccc3C)C2=O)cc1C. The smallest absolute Gasteiger partial charge is 0.282 e. The summed E-state index contributed by atoms with van der Waals surface area (Å²) in [6.07, 6.45) is 0. The Labute approximate surface area is 193 Å². The molecule has 0 saturated carbocycles. The topological polar surface area (TPSA) is 64.1 Å². The molecule has 0 radical (unpaired) electrons. The molecule has 2 aliphatic rings. The number of carbonyl (C=O) groups is 2. The van der Waals surface area contributed by atoms with Gasteiger partial charge in [-0.2, -0.15) is 0 Å². The quantitative estimate of drug-likeness (QED) is 0.704. The fourth-order valence-electron chi connectivity index (χ4n) is 4.35. The van der Waals surface area contributed by atoms with Gasteiger partial charge in [-0.15, -0.1) is 0 Å². The van der Waals surface area contributed by atoms with Gasteiger partial charge in [-0.1, -0.05) is 35.9 Å². The van der Waals surface area contributed by atoms with Crippen LogP contribution in [0.3, 0.4) is 0 Å². The average molecular weight is 454 g/mol. The van der Waals surface area contributed by atoms with Crippen LogP contribution in [-0.4, -0.2) is 66.1 Å². The Morgan fingerprint density at radius 1 is 0.875 bits per heavy atom. The summed E-state index contributed by atoms with van der Waals surface area (Å²) >= 11 is 6.21. The van der Waals surface area contributed by atoms with E-state index in [1.807, 2.05) is 49.9 Å². The highest BCUT2D eigenvalue weighted by atomic mass is 35.5. The predicted molar refractivity (Wildman–Crippen MR) is 127 cm³/mol. The molecule has 0 aliphatic carbocycles. The van der Waals surface area contributed by atoms with E-state index >= 15 is 0 Å². The monoisotopic (exact) mass is 453 g/mol. The molecule has 0 aromatic heterocycles. The Morgan fingerprint density at radius 3 is 2.22 bits per heavy atom. The molecule has 1 fully saturated rings. The van der Waals surface area contributed by atoms with Crippen molar-refractivity contribution in [2.24, 2.45) is 0 Å². The van der Waals surface area contributed by atoms with Crippen LogP contribution in [0, 0.1) is 20.8 Å². The lowest BCUT2D eigenvalue weighted by atomic mass is 9.99. The van der Waals surface area contributed by atoms with E-state index in [4.69, 9.17) is 11.6 Å². The lowest BCUT2D eigenvalue weighted by Gasteiger charge is -2.36. The first-order valence-electron chi connectivity index (χ1n) is 10.9. The van der Waals surface area contributed by atoms with Crippen molar-refractivity contribution in [1.29, 1.82) is 0 Å². The zero-order chi connectivity index (χ0) is 23.0. The molecular weight excluding hydrogens is 426 g/mol. The number of amides is 2. The predicted octanol–water partition coefficient (Wildman–Crippen LogP) is 3.16. The minimum Gasteiger partial charge on any atom is -0.395 e. The molecule has 32 heavy (non-hydrogen) atoms. The number of piperazine rings is 1. The number of benzene rings is 2. The van der Waals surface area contributed by atoms with Crippen molar-refractivity contribution in [1.82, 2.24) is 9.80 Å². The maximum absolute atomic E-state index is 13.7. The molecule has 1 N–H and O–H groups in total. The molecule has 4 rings (SSSR count). The fourth-order valence-corrected chi connectivity index (χ4v) is 4.51. The molecule has 2 amide bonds. The molecule has 0 unspecified atom stereocenters. The van der Waals surface area contributed by atoms with E-state index in [1.165, 1.54) is 4.90 Å². The summed E-state index contributed by atoms with van der Waals surface area (Å²) in [4.78, 5) is 32.9. The van der Waals surface area contributed by atoms with Gasteiger partial charge in [-0.3, -0.25) is 14.5 Å². The van der Waals surface area contributed by atoms with E-state index in [-0.39, 0.29) is 18.4 Å². The van der Waals surface area contributed by atoms with Crippen LogP contribution in [0.25, 0.3) is 5.57 Å². The maximum atomic E-state index is 13.7. The Morgan fingerprint density at radius 2 is 1.56 bits per heavy atom. The van der Waals surface area contributed by atoms with Crippen LogP contribution in [0.4, 0.5) is 5.69 Å². The van der Waals surface area contributed by atoms with Gasteiger partial charge in [0.25, 0.3) is 11.8 Å². The second-order valence-electron chi connectivity index (χ2n) is 8.45. The number of anilines is 1. The number of hydrogen-bond acceptors (Lipinski definition) is 5. The van der Waals surface area contributed by atoms with Crippen LogP contribution in [0.1, 0.15) is 22.3 Å². The lowest BCUT2D eigenvalue weighted by Crippen LogP contribution is -2.48. The van der Waals surface area contributed by atoms with Crippen molar-refractivity contribution in [2.75, 3.05) is 44.2 Å². The molecule has 7 heteroatoms. The van der Waals surface area contributed by atoms with Crippen LogP contribution in [0.2, 0.25) is 5.02 Å². The van der Waals surface area contributed by atoms with Gasteiger partial charge < -0.3 is 10.0 Å². The van der Waals surface area contributed by atoms with E-state index in [9.17, 15) is 14.7 Å². The van der Waals surface area contributed by atoms with E-state index in [1.54, 1.807) is 12.1 Å². The van der Waals surface area contributed by atoms with Crippen molar-refractivity contribution in [3.05, 3.63) is 69.4 Å². The molecule has 0 spiro atoms. The number of β-amino-alcohol motifs (C(OH)–C–C–N with tert-alkyl or cyclic N) is 1. The van der Waals surface area contributed by atoms with Crippen molar-refractivity contribution in [2.45, 2.75) is 20.8 Å². The molecule has 2 aromatic rings. The number of aryl methyl sites for hydroxylation is 3. The van der Waals surface area contributed by atoms with E-state index in [0.29, 0.717) is 41.6 Å². The third-order valence-corrected chi connectivity index (χ3v) is 6.61. The minimum atomic E-state index is -0.323. The number of aliphatic hydroxyl groups excluding tert-OH is 1. The van der Waals surface area contributed by atoms with Gasteiger partial charge in [0, 0.05) is 37.7 Å². The summed E-state index contributed by atoms with van der Waals surface area (Å²) in [6.45, 7) is 9.30. The first kappa shape index (κ1) is 22.5. The number of hydrogen-bond donors (Lipinski definition) is 1. The summed E-state index contributed by atoms with van der Waals surface area (Å²) in [6, 6.07) is 11.1. The standard InChI is InChI=1S/C25H28ClN3O3/c1-16-4-6-19(14-18(16)3)22-23(28-10-8-27(9-11-28)12-13-30)25(32)29(24(22)31)21-15-20(26)7-5-17(21)2/h4-7,14-15,30H,8-13H2,1-3H3. The van der Waals surface area contributed by atoms with Gasteiger partial charge in [-0.25, -0.2) is 4.90 Å². The number of halogens is 1. The first-order chi connectivity index (χ1) is 15.3.